The summed E-state index contributed by atoms with van der Waals surface area (Å²) in [6.07, 6.45) is 11.4. The zero-order valence-electron chi connectivity index (χ0n) is 14.9. The van der Waals surface area contributed by atoms with Crippen molar-refractivity contribution in [3.05, 3.63) is 83.2 Å². The number of nitrogens with zero attached hydrogens (tertiary/aromatic N) is 3. The summed E-state index contributed by atoms with van der Waals surface area (Å²) in [5.41, 5.74) is 5.65. The van der Waals surface area contributed by atoms with Gasteiger partial charge in [-0.3, -0.25) is 0 Å². The molecule has 4 nitrogen and oxygen atoms in total. The van der Waals surface area contributed by atoms with Crippen LogP contribution in [0.2, 0.25) is 0 Å². The first kappa shape index (κ1) is 16.8. The molecule has 26 heavy (non-hydrogen) atoms. The van der Waals surface area contributed by atoms with Crippen molar-refractivity contribution < 1.29 is 0 Å². The van der Waals surface area contributed by atoms with Crippen LogP contribution in [0.3, 0.4) is 0 Å². The average molecular weight is 360 g/mol. The maximum absolute atomic E-state index is 4.55. The van der Waals surface area contributed by atoms with Gasteiger partial charge in [-0.15, -0.1) is 11.8 Å². The number of aromatic nitrogens is 4. The van der Waals surface area contributed by atoms with Crippen LogP contribution in [0.15, 0.2) is 60.0 Å². The molecule has 130 valence electrons. The Bertz CT molecular complexity index is 1020. The molecule has 0 fully saturated rings. The van der Waals surface area contributed by atoms with Crippen molar-refractivity contribution >= 4 is 22.8 Å². The van der Waals surface area contributed by atoms with Crippen LogP contribution in [-0.4, -0.2) is 26.2 Å². The maximum atomic E-state index is 4.55. The number of pyridine rings is 1. The van der Waals surface area contributed by atoms with Crippen molar-refractivity contribution in [1.29, 1.82) is 0 Å². The van der Waals surface area contributed by atoms with E-state index in [0.29, 0.717) is 0 Å². The Morgan fingerprint density at radius 2 is 1.69 bits per heavy atom. The Morgan fingerprint density at radius 3 is 2.42 bits per heavy atom. The minimum atomic E-state index is 0.755. The lowest BCUT2D eigenvalue weighted by Gasteiger charge is -2.04. The normalized spacial score (nSPS) is 11.2. The number of fused-ring (bicyclic) bond motifs is 1. The summed E-state index contributed by atoms with van der Waals surface area (Å²) in [6, 6.07) is 10.7. The number of rotatable bonds is 5. The van der Waals surface area contributed by atoms with E-state index >= 15 is 0 Å². The molecule has 0 saturated carbocycles. The fourth-order valence-corrected chi connectivity index (χ4v) is 3.43. The number of thioether (sulfide) groups is 1. The van der Waals surface area contributed by atoms with Gasteiger partial charge in [0.25, 0.3) is 0 Å². The third-order valence-electron chi connectivity index (χ3n) is 4.43. The van der Waals surface area contributed by atoms with E-state index in [0.717, 1.165) is 35.4 Å². The Labute approximate surface area is 157 Å². The molecule has 0 aliphatic heterocycles. The monoisotopic (exact) mass is 360 g/mol. The largest absolute Gasteiger partial charge is 0.346 e. The Balaban J connectivity index is 1.49. The molecule has 4 rings (SSSR count). The summed E-state index contributed by atoms with van der Waals surface area (Å²) in [5, 5.41) is 1.17. The smallest absolute Gasteiger partial charge is 0.137 e. The SMILES string of the molecule is CSc1ccc(Cc2ncc(Cc3c[nH]c4ncc(C)cc34)cn2)cc1. The van der Waals surface area contributed by atoms with Crippen molar-refractivity contribution in [2.45, 2.75) is 24.7 Å². The van der Waals surface area contributed by atoms with E-state index in [-0.39, 0.29) is 0 Å². The highest BCUT2D eigenvalue weighted by Gasteiger charge is 2.07. The summed E-state index contributed by atoms with van der Waals surface area (Å²) in [6.45, 7) is 2.06. The molecule has 0 aliphatic rings. The van der Waals surface area contributed by atoms with E-state index in [1.807, 2.05) is 24.8 Å². The lowest BCUT2D eigenvalue weighted by Crippen LogP contribution is -1.98. The number of aromatic amines is 1. The molecule has 0 bridgehead atoms. The van der Waals surface area contributed by atoms with Crippen molar-refractivity contribution in [2.24, 2.45) is 0 Å². The zero-order chi connectivity index (χ0) is 17.9. The van der Waals surface area contributed by atoms with Crippen molar-refractivity contribution in [1.82, 2.24) is 19.9 Å². The first-order valence-corrected chi connectivity index (χ1v) is 9.79. The Morgan fingerprint density at radius 1 is 0.923 bits per heavy atom. The Hall–Kier alpha value is -2.66. The fourth-order valence-electron chi connectivity index (χ4n) is 3.02. The number of benzene rings is 1. The molecule has 3 heterocycles. The first-order valence-electron chi connectivity index (χ1n) is 8.56. The van der Waals surface area contributed by atoms with Crippen LogP contribution < -0.4 is 0 Å². The third-order valence-corrected chi connectivity index (χ3v) is 5.17. The van der Waals surface area contributed by atoms with Crippen LogP contribution in [0.5, 0.6) is 0 Å². The van der Waals surface area contributed by atoms with E-state index < -0.39 is 0 Å². The van der Waals surface area contributed by atoms with Gasteiger partial charge < -0.3 is 4.98 Å². The second-order valence-corrected chi connectivity index (χ2v) is 7.31. The summed E-state index contributed by atoms with van der Waals surface area (Å²) in [5.74, 6) is 0.849. The number of aryl methyl sites for hydroxylation is 1. The predicted octanol–water partition coefficient (Wildman–Crippen LogP) is 4.56. The predicted molar refractivity (Wildman–Crippen MR) is 107 cm³/mol. The standard InChI is InChI=1S/C21H20N4S/c1-14-7-19-17(13-25-21(19)24-10-14)8-16-11-22-20(23-12-16)9-15-3-5-18(26-2)6-4-15/h3-7,10-13H,8-9H2,1-2H3,(H,24,25). The van der Waals surface area contributed by atoms with Gasteiger partial charge in [-0.25, -0.2) is 15.0 Å². The van der Waals surface area contributed by atoms with E-state index in [2.05, 4.69) is 63.4 Å². The minimum Gasteiger partial charge on any atom is -0.346 e. The molecule has 1 aromatic carbocycles. The van der Waals surface area contributed by atoms with Crippen LogP contribution in [0.25, 0.3) is 11.0 Å². The lowest BCUT2D eigenvalue weighted by atomic mass is 10.1. The van der Waals surface area contributed by atoms with Gasteiger partial charge in [-0.1, -0.05) is 12.1 Å². The van der Waals surface area contributed by atoms with Crippen LogP contribution in [0.1, 0.15) is 28.1 Å². The zero-order valence-corrected chi connectivity index (χ0v) is 15.7. The topological polar surface area (TPSA) is 54.5 Å². The van der Waals surface area contributed by atoms with Gasteiger partial charge in [0.2, 0.25) is 0 Å². The second kappa shape index (κ2) is 7.30. The van der Waals surface area contributed by atoms with Crippen LogP contribution in [0, 0.1) is 6.92 Å². The van der Waals surface area contributed by atoms with E-state index in [1.54, 1.807) is 11.8 Å². The van der Waals surface area contributed by atoms with Gasteiger partial charge in [-0.2, -0.15) is 0 Å². The molecule has 0 spiro atoms. The van der Waals surface area contributed by atoms with Crippen molar-refractivity contribution in [3.8, 4) is 0 Å². The summed E-state index contributed by atoms with van der Waals surface area (Å²) < 4.78 is 0. The molecule has 1 N–H and O–H groups in total. The summed E-state index contributed by atoms with van der Waals surface area (Å²) in [7, 11) is 0. The Kier molecular flexibility index (Phi) is 4.71. The first-order chi connectivity index (χ1) is 12.7. The molecule has 0 amide bonds. The molecular formula is C21H20N4S. The third kappa shape index (κ3) is 3.63. The summed E-state index contributed by atoms with van der Waals surface area (Å²) >= 11 is 1.75. The van der Waals surface area contributed by atoms with Gasteiger partial charge in [0, 0.05) is 47.9 Å². The minimum absolute atomic E-state index is 0.755. The van der Waals surface area contributed by atoms with Gasteiger partial charge in [-0.05, 0) is 53.6 Å². The number of hydrogen-bond acceptors (Lipinski definition) is 4. The molecular weight excluding hydrogens is 340 g/mol. The molecule has 5 heteroatoms. The van der Waals surface area contributed by atoms with Crippen molar-refractivity contribution in [2.75, 3.05) is 6.26 Å². The van der Waals surface area contributed by atoms with Crippen LogP contribution in [0.4, 0.5) is 0 Å². The molecule has 3 aromatic heterocycles. The molecule has 0 unspecified atom stereocenters. The lowest BCUT2D eigenvalue weighted by molar-refractivity contribution is 0.942. The maximum Gasteiger partial charge on any atom is 0.137 e. The summed E-state index contributed by atoms with van der Waals surface area (Å²) in [4.78, 5) is 18.0. The second-order valence-electron chi connectivity index (χ2n) is 6.43. The number of nitrogens with one attached hydrogen (secondary N) is 1. The fraction of sp³-hybridized carbons (Fsp3) is 0.190. The van der Waals surface area contributed by atoms with Crippen LogP contribution >= 0.6 is 11.8 Å². The highest BCUT2D eigenvalue weighted by atomic mass is 32.2. The van der Waals surface area contributed by atoms with Gasteiger partial charge in [0.15, 0.2) is 0 Å². The molecule has 0 aliphatic carbocycles. The van der Waals surface area contributed by atoms with E-state index in [9.17, 15) is 0 Å². The molecule has 0 saturated heterocycles. The van der Waals surface area contributed by atoms with E-state index in [4.69, 9.17) is 0 Å². The van der Waals surface area contributed by atoms with Crippen LogP contribution in [-0.2, 0) is 12.8 Å². The highest BCUT2D eigenvalue weighted by Crippen LogP contribution is 2.20. The van der Waals surface area contributed by atoms with Crippen molar-refractivity contribution in [3.63, 3.8) is 0 Å². The molecule has 0 radical (unpaired) electrons. The number of hydrogen-bond donors (Lipinski definition) is 1. The quantitative estimate of drug-likeness (QED) is 0.530. The van der Waals surface area contributed by atoms with Gasteiger partial charge in [0.05, 0.1) is 0 Å². The average Bonchev–Trinajstić information content (AvgIpc) is 3.06. The van der Waals surface area contributed by atoms with Gasteiger partial charge >= 0.3 is 0 Å². The van der Waals surface area contributed by atoms with Gasteiger partial charge in [0.1, 0.15) is 11.5 Å². The molecule has 0 atom stereocenters. The highest BCUT2D eigenvalue weighted by molar-refractivity contribution is 7.98. The molecule has 4 aromatic rings. The van der Waals surface area contributed by atoms with E-state index in [1.165, 1.54) is 21.4 Å². The number of H-pyrrole nitrogens is 1.